The van der Waals surface area contributed by atoms with Crippen LogP contribution in [0.1, 0.15) is 48.3 Å². The molecule has 0 saturated carbocycles. The summed E-state index contributed by atoms with van der Waals surface area (Å²) in [5, 5.41) is 12.5. The number of aromatic nitrogens is 3. The molecule has 0 saturated heterocycles. The van der Waals surface area contributed by atoms with E-state index in [1.54, 1.807) is 0 Å². The van der Waals surface area contributed by atoms with Crippen LogP contribution < -0.4 is 11.2 Å². The van der Waals surface area contributed by atoms with Gasteiger partial charge in [-0.3, -0.25) is 19.2 Å². The molecule has 0 bridgehead atoms. The quantitative estimate of drug-likeness (QED) is 0.463. The Morgan fingerprint density at radius 1 is 1.06 bits per heavy atom. The monoisotopic (exact) mass is 430 g/mol. The molecule has 2 atom stereocenters. The molecular weight excluding hydrogens is 404 g/mol. The highest BCUT2D eigenvalue weighted by Crippen LogP contribution is 2.39. The molecule has 2 aromatic carbocycles. The van der Waals surface area contributed by atoms with Crippen molar-refractivity contribution in [2.75, 3.05) is 13.1 Å². The van der Waals surface area contributed by atoms with E-state index in [-0.39, 0.29) is 11.4 Å². The Hall–Kier alpha value is -3.58. The van der Waals surface area contributed by atoms with E-state index >= 15 is 0 Å². The van der Waals surface area contributed by atoms with Gasteiger partial charge in [0.25, 0.3) is 5.56 Å². The fraction of sp³-hybridized carbons (Fsp3) is 0.280. The van der Waals surface area contributed by atoms with Crippen LogP contribution >= 0.6 is 0 Å². The van der Waals surface area contributed by atoms with E-state index in [1.807, 2.05) is 62.4 Å². The summed E-state index contributed by atoms with van der Waals surface area (Å²) < 4.78 is 1.27. The first-order valence-electron chi connectivity index (χ1n) is 11.0. The van der Waals surface area contributed by atoms with Crippen molar-refractivity contribution in [2.45, 2.75) is 32.4 Å². The molecule has 164 valence electrons. The molecule has 4 aromatic rings. The van der Waals surface area contributed by atoms with E-state index in [0.717, 1.165) is 40.7 Å². The molecule has 0 radical (unpaired) electrons. The van der Waals surface area contributed by atoms with Gasteiger partial charge < -0.3 is 10.1 Å². The number of nitrogens with one attached hydrogen (secondary N) is 2. The van der Waals surface area contributed by atoms with E-state index in [1.165, 1.54) is 4.57 Å². The van der Waals surface area contributed by atoms with Crippen molar-refractivity contribution in [3.63, 3.8) is 0 Å². The van der Waals surface area contributed by atoms with Gasteiger partial charge in [0.2, 0.25) is 5.88 Å². The Balaban J connectivity index is 1.74. The number of aromatic amines is 2. The molecular formula is C25H26N4O3. The lowest BCUT2D eigenvalue weighted by molar-refractivity contribution is 0.214. The summed E-state index contributed by atoms with van der Waals surface area (Å²) in [6.45, 7) is 5.33. The van der Waals surface area contributed by atoms with Crippen molar-refractivity contribution in [1.29, 1.82) is 0 Å². The third-order valence-electron chi connectivity index (χ3n) is 6.64. The summed E-state index contributed by atoms with van der Waals surface area (Å²) >= 11 is 0. The van der Waals surface area contributed by atoms with Gasteiger partial charge in [0.05, 0.1) is 12.1 Å². The maximum Gasteiger partial charge on any atom is 0.331 e. The molecule has 2 aromatic heterocycles. The number of para-hydroxylation sites is 1. The highest BCUT2D eigenvalue weighted by molar-refractivity contribution is 5.85. The molecule has 0 fully saturated rings. The molecule has 7 nitrogen and oxygen atoms in total. The first kappa shape index (κ1) is 20.3. The molecule has 1 aliphatic rings. The van der Waals surface area contributed by atoms with Crippen LogP contribution in [0.3, 0.4) is 0 Å². The highest BCUT2D eigenvalue weighted by atomic mass is 16.3. The smallest absolute Gasteiger partial charge is 0.331 e. The molecule has 0 aliphatic carbocycles. The average Bonchev–Trinajstić information content (AvgIpc) is 3.18. The number of hydrogen-bond donors (Lipinski definition) is 3. The lowest BCUT2D eigenvalue weighted by Gasteiger charge is -2.35. The molecule has 1 aliphatic heterocycles. The van der Waals surface area contributed by atoms with Gasteiger partial charge in [0.1, 0.15) is 5.56 Å². The van der Waals surface area contributed by atoms with E-state index < -0.39 is 23.3 Å². The van der Waals surface area contributed by atoms with Gasteiger partial charge in [-0.25, -0.2) is 4.79 Å². The van der Waals surface area contributed by atoms with Gasteiger partial charge in [-0.2, -0.15) is 0 Å². The maximum absolute atomic E-state index is 13.1. The first-order chi connectivity index (χ1) is 15.5. The summed E-state index contributed by atoms with van der Waals surface area (Å²) in [6.07, 6.45) is 0.850. The van der Waals surface area contributed by atoms with Crippen LogP contribution in [0.4, 0.5) is 0 Å². The van der Waals surface area contributed by atoms with Crippen LogP contribution in [0.15, 0.2) is 64.2 Å². The number of benzene rings is 2. The second-order valence-corrected chi connectivity index (χ2v) is 8.30. The van der Waals surface area contributed by atoms with Crippen molar-refractivity contribution >= 4 is 10.9 Å². The van der Waals surface area contributed by atoms with Gasteiger partial charge >= 0.3 is 5.69 Å². The minimum Gasteiger partial charge on any atom is -0.494 e. The zero-order valence-electron chi connectivity index (χ0n) is 18.1. The summed E-state index contributed by atoms with van der Waals surface area (Å²) in [7, 11) is 0. The minimum absolute atomic E-state index is 0.196. The maximum atomic E-state index is 13.1. The summed E-state index contributed by atoms with van der Waals surface area (Å²) in [4.78, 5) is 34.0. The van der Waals surface area contributed by atoms with Crippen LogP contribution in [-0.2, 0) is 6.42 Å². The van der Waals surface area contributed by atoms with E-state index in [4.69, 9.17) is 0 Å². The Morgan fingerprint density at radius 3 is 2.53 bits per heavy atom. The summed E-state index contributed by atoms with van der Waals surface area (Å²) in [5.74, 6) is -0.287. The Morgan fingerprint density at radius 2 is 1.78 bits per heavy atom. The largest absolute Gasteiger partial charge is 0.494 e. The number of rotatable bonds is 4. The van der Waals surface area contributed by atoms with Gasteiger partial charge in [-0.05, 0) is 37.1 Å². The summed E-state index contributed by atoms with van der Waals surface area (Å²) in [5.41, 5.74) is 2.94. The SMILES string of the molecule is CCN1CCc2c([nH]c3ccccc23)[C@H]1c1c(O)n([C@@H](C)c2ccccc2)c(=O)[nH]c1=O. The fourth-order valence-corrected chi connectivity index (χ4v) is 5.00. The van der Waals surface area contributed by atoms with E-state index in [2.05, 4.69) is 20.9 Å². The third kappa shape index (κ3) is 3.08. The fourth-order valence-electron chi connectivity index (χ4n) is 5.00. The van der Waals surface area contributed by atoms with Crippen molar-refractivity contribution in [3.05, 3.63) is 97.8 Å². The Labute approximate surface area is 185 Å². The number of likely N-dealkylation sites (N-methyl/N-ethyl adjacent to an activating group) is 1. The lowest BCUT2D eigenvalue weighted by atomic mass is 9.93. The van der Waals surface area contributed by atoms with Crippen LogP contribution in [0.25, 0.3) is 10.9 Å². The molecule has 0 spiro atoms. The van der Waals surface area contributed by atoms with E-state index in [9.17, 15) is 14.7 Å². The predicted molar refractivity (Wildman–Crippen MR) is 124 cm³/mol. The highest BCUT2D eigenvalue weighted by Gasteiger charge is 2.36. The minimum atomic E-state index is -0.622. The lowest BCUT2D eigenvalue weighted by Crippen LogP contribution is -2.42. The standard InChI is InChI=1S/C25H26N4O3/c1-3-28-14-13-18-17-11-7-8-12-19(17)26-21(18)22(28)20-23(30)27-25(32)29(24(20)31)15(2)16-9-5-4-6-10-16/h4-12,15,22,26,31H,3,13-14H2,1-2H3,(H,27,30,32)/t15-,22+/m0/s1. The molecule has 3 N–H and O–H groups in total. The van der Waals surface area contributed by atoms with Crippen LogP contribution in [-0.4, -0.2) is 37.6 Å². The van der Waals surface area contributed by atoms with Crippen molar-refractivity contribution in [2.24, 2.45) is 0 Å². The average molecular weight is 431 g/mol. The number of nitrogens with zero attached hydrogens (tertiary/aromatic N) is 2. The van der Waals surface area contributed by atoms with Crippen LogP contribution in [0.5, 0.6) is 5.88 Å². The second kappa shape index (κ2) is 7.84. The van der Waals surface area contributed by atoms with Crippen molar-refractivity contribution in [1.82, 2.24) is 19.4 Å². The number of fused-ring (bicyclic) bond motifs is 3. The number of hydrogen-bond acceptors (Lipinski definition) is 4. The van der Waals surface area contributed by atoms with Gasteiger partial charge in [-0.15, -0.1) is 0 Å². The topological polar surface area (TPSA) is 94.1 Å². The van der Waals surface area contributed by atoms with Gasteiger partial charge in [-0.1, -0.05) is 55.5 Å². The van der Waals surface area contributed by atoms with Crippen LogP contribution in [0, 0.1) is 0 Å². The Bertz CT molecular complexity index is 1400. The van der Waals surface area contributed by atoms with Gasteiger partial charge in [0.15, 0.2) is 0 Å². The second-order valence-electron chi connectivity index (χ2n) is 8.30. The Kier molecular flexibility index (Phi) is 4.98. The summed E-state index contributed by atoms with van der Waals surface area (Å²) in [6, 6.07) is 16.6. The van der Waals surface area contributed by atoms with Crippen LogP contribution in [0.2, 0.25) is 0 Å². The molecule has 0 amide bonds. The molecule has 5 rings (SSSR count). The normalized spacial score (nSPS) is 17.4. The van der Waals surface area contributed by atoms with E-state index in [0.29, 0.717) is 6.54 Å². The first-order valence-corrected chi connectivity index (χ1v) is 11.0. The van der Waals surface area contributed by atoms with Gasteiger partial charge in [0, 0.05) is 23.1 Å². The molecule has 3 heterocycles. The zero-order chi connectivity index (χ0) is 22.4. The number of aromatic hydroxyl groups is 1. The molecule has 32 heavy (non-hydrogen) atoms. The van der Waals surface area contributed by atoms with Crippen molar-refractivity contribution < 1.29 is 5.11 Å². The number of H-pyrrole nitrogens is 2. The zero-order valence-corrected chi connectivity index (χ0v) is 18.1. The van der Waals surface area contributed by atoms with Crippen molar-refractivity contribution in [3.8, 4) is 5.88 Å². The third-order valence-corrected chi connectivity index (χ3v) is 6.64. The molecule has 0 unspecified atom stereocenters. The molecule has 7 heteroatoms. The predicted octanol–water partition coefficient (Wildman–Crippen LogP) is 3.30.